The normalized spacial score (nSPS) is 10.5. The number of rotatable bonds is 6. The van der Waals surface area contributed by atoms with Crippen molar-refractivity contribution in [3.63, 3.8) is 0 Å². The molecule has 0 atom stereocenters. The van der Waals surface area contributed by atoms with Crippen LogP contribution >= 0.6 is 39.0 Å². The SMILES string of the molecule is Cc1nc(SCC(=O)Nc2ccccc2Br)sc1CC(N)=O. The molecular weight excluding hydrogens is 386 g/mol. The number of nitrogens with one attached hydrogen (secondary N) is 1. The van der Waals surface area contributed by atoms with Gasteiger partial charge in [-0.3, -0.25) is 9.59 Å². The highest BCUT2D eigenvalue weighted by molar-refractivity contribution is 9.10. The second-order valence-corrected chi connectivity index (χ2v) is 7.61. The van der Waals surface area contributed by atoms with Gasteiger partial charge >= 0.3 is 0 Å². The zero-order chi connectivity index (χ0) is 16.1. The second-order valence-electron chi connectivity index (χ2n) is 4.45. The molecule has 5 nitrogen and oxygen atoms in total. The summed E-state index contributed by atoms with van der Waals surface area (Å²) in [5.41, 5.74) is 6.71. The van der Waals surface area contributed by atoms with Crippen molar-refractivity contribution in [1.82, 2.24) is 4.98 Å². The van der Waals surface area contributed by atoms with Crippen LogP contribution in [0.25, 0.3) is 0 Å². The number of hydrogen-bond acceptors (Lipinski definition) is 5. The number of primary amides is 1. The van der Waals surface area contributed by atoms with Crippen molar-refractivity contribution in [2.75, 3.05) is 11.1 Å². The lowest BCUT2D eigenvalue weighted by molar-refractivity contribution is -0.117. The van der Waals surface area contributed by atoms with Crippen molar-refractivity contribution in [2.24, 2.45) is 5.73 Å². The largest absolute Gasteiger partial charge is 0.369 e. The van der Waals surface area contributed by atoms with Crippen LogP contribution in [0.2, 0.25) is 0 Å². The molecule has 2 rings (SSSR count). The van der Waals surface area contributed by atoms with Crippen molar-refractivity contribution >= 4 is 56.5 Å². The molecule has 8 heteroatoms. The van der Waals surface area contributed by atoms with Gasteiger partial charge in [0, 0.05) is 9.35 Å². The van der Waals surface area contributed by atoms with Gasteiger partial charge in [0.1, 0.15) is 0 Å². The molecule has 0 aliphatic heterocycles. The summed E-state index contributed by atoms with van der Waals surface area (Å²) in [6.45, 7) is 1.83. The summed E-state index contributed by atoms with van der Waals surface area (Å²) in [7, 11) is 0. The van der Waals surface area contributed by atoms with Gasteiger partial charge in [-0.15, -0.1) is 11.3 Å². The molecule has 1 heterocycles. The molecule has 0 saturated carbocycles. The molecule has 2 amide bonds. The monoisotopic (exact) mass is 399 g/mol. The van der Waals surface area contributed by atoms with Crippen molar-refractivity contribution < 1.29 is 9.59 Å². The number of aromatic nitrogens is 1. The fourth-order valence-electron chi connectivity index (χ4n) is 1.66. The number of anilines is 1. The Bertz CT molecular complexity index is 703. The second kappa shape index (κ2) is 7.75. The molecule has 0 aliphatic carbocycles. The minimum Gasteiger partial charge on any atom is -0.369 e. The Kier molecular flexibility index (Phi) is 5.98. The first-order valence-corrected chi connectivity index (χ1v) is 8.97. The fraction of sp³-hybridized carbons (Fsp3) is 0.214. The van der Waals surface area contributed by atoms with Gasteiger partial charge in [-0.2, -0.15) is 0 Å². The maximum Gasteiger partial charge on any atom is 0.234 e. The van der Waals surface area contributed by atoms with E-state index < -0.39 is 0 Å². The summed E-state index contributed by atoms with van der Waals surface area (Å²) in [5.74, 6) is -0.235. The summed E-state index contributed by atoms with van der Waals surface area (Å²) in [4.78, 5) is 28.1. The highest BCUT2D eigenvalue weighted by Crippen LogP contribution is 2.28. The van der Waals surface area contributed by atoms with Crippen molar-refractivity contribution in [3.05, 3.63) is 39.3 Å². The number of nitrogens with two attached hydrogens (primary N) is 1. The third-order valence-corrected chi connectivity index (χ3v) is 5.67. The van der Waals surface area contributed by atoms with Crippen LogP contribution < -0.4 is 11.1 Å². The van der Waals surface area contributed by atoms with Gasteiger partial charge in [-0.1, -0.05) is 23.9 Å². The Morgan fingerprint density at radius 3 is 2.82 bits per heavy atom. The van der Waals surface area contributed by atoms with Crippen LogP contribution in [0.1, 0.15) is 10.6 Å². The summed E-state index contributed by atoms with van der Waals surface area (Å²) in [5, 5.41) is 2.83. The number of thiazole rings is 1. The van der Waals surface area contributed by atoms with Crippen LogP contribution in [0.5, 0.6) is 0 Å². The lowest BCUT2D eigenvalue weighted by Gasteiger charge is -2.05. The molecule has 22 heavy (non-hydrogen) atoms. The van der Waals surface area contributed by atoms with Crippen LogP contribution in [0.3, 0.4) is 0 Å². The van der Waals surface area contributed by atoms with Gasteiger partial charge in [-0.25, -0.2) is 4.98 Å². The Morgan fingerprint density at radius 2 is 2.14 bits per heavy atom. The number of nitrogens with zero attached hydrogens (tertiary/aromatic N) is 1. The van der Waals surface area contributed by atoms with E-state index in [4.69, 9.17) is 5.73 Å². The molecule has 1 aromatic heterocycles. The Hall–Kier alpha value is -1.38. The number of aryl methyl sites for hydroxylation is 1. The number of carbonyl (C=O) groups excluding carboxylic acids is 2. The van der Waals surface area contributed by atoms with E-state index in [9.17, 15) is 9.59 Å². The van der Waals surface area contributed by atoms with Crippen LogP contribution in [-0.2, 0) is 16.0 Å². The maximum absolute atomic E-state index is 12.0. The number of benzene rings is 1. The van der Waals surface area contributed by atoms with Crippen molar-refractivity contribution in [1.29, 1.82) is 0 Å². The first-order chi connectivity index (χ1) is 10.5. The predicted molar refractivity (Wildman–Crippen MR) is 93.2 cm³/mol. The molecule has 0 unspecified atom stereocenters. The number of thioether (sulfide) groups is 1. The molecule has 0 fully saturated rings. The highest BCUT2D eigenvalue weighted by Gasteiger charge is 2.12. The van der Waals surface area contributed by atoms with E-state index >= 15 is 0 Å². The molecule has 2 aromatic rings. The zero-order valence-electron chi connectivity index (χ0n) is 11.8. The Morgan fingerprint density at radius 1 is 1.41 bits per heavy atom. The Labute approximate surface area is 144 Å². The van der Waals surface area contributed by atoms with E-state index in [2.05, 4.69) is 26.2 Å². The molecule has 116 valence electrons. The first kappa shape index (κ1) is 17.0. The first-order valence-electron chi connectivity index (χ1n) is 6.37. The van der Waals surface area contributed by atoms with E-state index in [0.29, 0.717) is 0 Å². The van der Waals surface area contributed by atoms with Crippen LogP contribution in [0.15, 0.2) is 33.1 Å². The minimum absolute atomic E-state index is 0.110. The molecule has 0 saturated heterocycles. The van der Waals surface area contributed by atoms with E-state index in [1.54, 1.807) is 0 Å². The smallest absolute Gasteiger partial charge is 0.234 e. The minimum atomic E-state index is -0.380. The lowest BCUT2D eigenvalue weighted by atomic mass is 10.3. The van der Waals surface area contributed by atoms with Crippen LogP contribution in [-0.4, -0.2) is 22.6 Å². The van der Waals surface area contributed by atoms with Gasteiger partial charge in [0.05, 0.1) is 23.6 Å². The van der Waals surface area contributed by atoms with E-state index in [1.807, 2.05) is 31.2 Å². The molecule has 0 aliphatic rings. The molecule has 0 bridgehead atoms. The average Bonchev–Trinajstić information content (AvgIpc) is 2.79. The van der Waals surface area contributed by atoms with Gasteiger partial charge in [0.15, 0.2) is 4.34 Å². The molecule has 0 radical (unpaired) electrons. The number of halogens is 1. The average molecular weight is 400 g/mol. The van der Waals surface area contributed by atoms with Crippen molar-refractivity contribution in [2.45, 2.75) is 17.7 Å². The maximum atomic E-state index is 12.0. The van der Waals surface area contributed by atoms with Crippen LogP contribution in [0.4, 0.5) is 5.69 Å². The predicted octanol–water partition coefficient (Wildman–Crippen LogP) is 2.97. The number of amides is 2. The molecular formula is C14H14BrN3O2S2. The summed E-state index contributed by atoms with van der Waals surface area (Å²) < 4.78 is 1.60. The van der Waals surface area contributed by atoms with Gasteiger partial charge < -0.3 is 11.1 Å². The standard InChI is InChI=1S/C14H14BrN3O2S2/c1-8-11(6-12(16)19)22-14(17-8)21-7-13(20)18-10-5-3-2-4-9(10)15/h2-5H,6-7H2,1H3,(H2,16,19)(H,18,20). The summed E-state index contributed by atoms with van der Waals surface area (Å²) in [6.07, 6.45) is 0.188. The Balaban J connectivity index is 1.91. The third-order valence-electron chi connectivity index (χ3n) is 2.68. The summed E-state index contributed by atoms with van der Waals surface area (Å²) in [6, 6.07) is 7.43. The lowest BCUT2D eigenvalue weighted by Crippen LogP contribution is -2.14. The summed E-state index contributed by atoms with van der Waals surface area (Å²) >= 11 is 6.13. The quantitative estimate of drug-likeness (QED) is 0.731. The van der Waals surface area contributed by atoms with Crippen molar-refractivity contribution in [3.8, 4) is 0 Å². The van der Waals surface area contributed by atoms with Gasteiger partial charge in [0.25, 0.3) is 0 Å². The number of carbonyl (C=O) groups is 2. The van der Waals surface area contributed by atoms with Gasteiger partial charge in [0.2, 0.25) is 11.8 Å². The van der Waals surface area contributed by atoms with E-state index in [1.165, 1.54) is 23.1 Å². The van der Waals surface area contributed by atoms with E-state index in [-0.39, 0.29) is 24.0 Å². The van der Waals surface area contributed by atoms with Crippen LogP contribution in [0, 0.1) is 6.92 Å². The van der Waals surface area contributed by atoms with E-state index in [0.717, 1.165) is 25.1 Å². The molecule has 1 aromatic carbocycles. The highest BCUT2D eigenvalue weighted by atomic mass is 79.9. The third kappa shape index (κ3) is 4.82. The topological polar surface area (TPSA) is 85.1 Å². The molecule has 0 spiro atoms. The molecule has 3 N–H and O–H groups in total. The van der Waals surface area contributed by atoms with Gasteiger partial charge in [-0.05, 0) is 35.0 Å². The zero-order valence-corrected chi connectivity index (χ0v) is 15.0. The number of hydrogen-bond donors (Lipinski definition) is 2. The number of para-hydroxylation sites is 1. The fourth-order valence-corrected chi connectivity index (χ4v) is 4.09.